The zero-order valence-corrected chi connectivity index (χ0v) is 14.6. The molecule has 1 heterocycles. The minimum absolute atomic E-state index is 0.0583. The van der Waals surface area contributed by atoms with E-state index in [9.17, 15) is 0 Å². The van der Waals surface area contributed by atoms with Gasteiger partial charge in [-0.1, -0.05) is 32.9 Å². The van der Waals surface area contributed by atoms with Gasteiger partial charge in [0.1, 0.15) is 16.9 Å². The highest BCUT2D eigenvalue weighted by atomic mass is 35.5. The molecule has 1 atom stereocenters. The summed E-state index contributed by atoms with van der Waals surface area (Å²) < 4.78 is 5.96. The lowest BCUT2D eigenvalue weighted by Gasteiger charge is -2.23. The Morgan fingerprint density at radius 2 is 1.95 bits per heavy atom. The summed E-state index contributed by atoms with van der Waals surface area (Å²) in [5.74, 6) is 1.32. The average Bonchev–Trinajstić information content (AvgIpc) is 2.97. The number of benzene rings is 1. The first-order valence-electron chi connectivity index (χ1n) is 7.23. The Morgan fingerprint density at radius 1 is 1.29 bits per heavy atom. The van der Waals surface area contributed by atoms with E-state index in [1.165, 1.54) is 5.56 Å². The fraction of sp³-hybridized carbons (Fsp3) is 0.471. The molecule has 0 fully saturated rings. The Labute approximate surface area is 136 Å². The molecule has 0 saturated heterocycles. The maximum absolute atomic E-state index is 5.96. The average molecular weight is 324 g/mol. The summed E-state index contributed by atoms with van der Waals surface area (Å²) in [6.45, 7) is 8.74. The van der Waals surface area contributed by atoms with Crippen LogP contribution in [0.15, 0.2) is 29.6 Å². The van der Waals surface area contributed by atoms with Gasteiger partial charge in [-0.05, 0) is 36.5 Å². The Bertz CT molecular complexity index is 577. The predicted octanol–water partition coefficient (Wildman–Crippen LogP) is 5.71. The van der Waals surface area contributed by atoms with Crippen molar-refractivity contribution in [2.24, 2.45) is 0 Å². The van der Waals surface area contributed by atoms with Crippen LogP contribution in [0.25, 0.3) is 0 Å². The van der Waals surface area contributed by atoms with Gasteiger partial charge in [0, 0.05) is 5.38 Å². The van der Waals surface area contributed by atoms with Crippen molar-refractivity contribution in [3.63, 3.8) is 0 Å². The molecule has 0 radical (unpaired) electrons. The second kappa shape index (κ2) is 6.80. The fourth-order valence-electron chi connectivity index (χ4n) is 2.01. The van der Waals surface area contributed by atoms with E-state index in [0.717, 1.165) is 22.9 Å². The van der Waals surface area contributed by atoms with Crippen molar-refractivity contribution in [2.45, 2.75) is 51.5 Å². The third-order valence-corrected chi connectivity index (χ3v) is 5.22. The molecule has 0 bridgehead atoms. The molecule has 0 aliphatic carbocycles. The monoisotopic (exact) mass is 323 g/mol. The number of aromatic nitrogens is 1. The number of hydrogen-bond acceptors (Lipinski definition) is 3. The largest absolute Gasteiger partial charge is 0.484 e. The lowest BCUT2D eigenvalue weighted by molar-refractivity contribution is 0.226. The maximum atomic E-state index is 5.96. The SMILES string of the molecule is CCC(C)(C)c1ccc(OC(C)c2nc(CCl)cs2)cc1. The van der Waals surface area contributed by atoms with E-state index in [0.29, 0.717) is 5.88 Å². The van der Waals surface area contributed by atoms with E-state index in [4.69, 9.17) is 16.3 Å². The first-order valence-corrected chi connectivity index (χ1v) is 8.65. The molecule has 1 aromatic heterocycles. The molecule has 21 heavy (non-hydrogen) atoms. The van der Waals surface area contributed by atoms with Crippen LogP contribution >= 0.6 is 22.9 Å². The Balaban J connectivity index is 2.06. The fourth-order valence-corrected chi connectivity index (χ4v) is 3.05. The van der Waals surface area contributed by atoms with Crippen LogP contribution in [-0.4, -0.2) is 4.98 Å². The van der Waals surface area contributed by atoms with Crippen molar-refractivity contribution < 1.29 is 4.74 Å². The smallest absolute Gasteiger partial charge is 0.147 e. The molecule has 2 nitrogen and oxygen atoms in total. The quantitative estimate of drug-likeness (QED) is 0.635. The zero-order valence-electron chi connectivity index (χ0n) is 13.0. The maximum Gasteiger partial charge on any atom is 0.147 e. The van der Waals surface area contributed by atoms with Gasteiger partial charge in [0.2, 0.25) is 0 Å². The number of nitrogens with zero attached hydrogens (tertiary/aromatic N) is 1. The molecule has 0 N–H and O–H groups in total. The third-order valence-electron chi connectivity index (χ3n) is 3.89. The van der Waals surface area contributed by atoms with Gasteiger partial charge in [-0.3, -0.25) is 0 Å². The number of thiazole rings is 1. The first kappa shape index (κ1) is 16.3. The molecular weight excluding hydrogens is 302 g/mol. The number of hydrogen-bond donors (Lipinski definition) is 0. The van der Waals surface area contributed by atoms with Crippen molar-refractivity contribution in [2.75, 3.05) is 0 Å². The Hall–Kier alpha value is -1.06. The van der Waals surface area contributed by atoms with Crippen molar-refractivity contribution in [3.05, 3.63) is 45.9 Å². The van der Waals surface area contributed by atoms with Crippen LogP contribution in [0.1, 0.15) is 56.5 Å². The topological polar surface area (TPSA) is 22.1 Å². The standard InChI is InChI=1S/C17H22ClNOS/c1-5-17(3,4)13-6-8-15(9-7-13)20-12(2)16-19-14(10-18)11-21-16/h6-9,11-12H,5,10H2,1-4H3. The highest BCUT2D eigenvalue weighted by molar-refractivity contribution is 7.09. The molecule has 0 aliphatic heterocycles. The van der Waals surface area contributed by atoms with E-state index < -0.39 is 0 Å². The van der Waals surface area contributed by atoms with Crippen LogP contribution in [0.5, 0.6) is 5.75 Å². The zero-order chi connectivity index (χ0) is 15.5. The van der Waals surface area contributed by atoms with E-state index in [-0.39, 0.29) is 11.5 Å². The number of halogens is 1. The van der Waals surface area contributed by atoms with Gasteiger partial charge in [0.25, 0.3) is 0 Å². The van der Waals surface area contributed by atoms with Crippen LogP contribution in [0, 0.1) is 0 Å². The summed E-state index contributed by atoms with van der Waals surface area (Å²) in [7, 11) is 0. The van der Waals surface area contributed by atoms with Crippen LogP contribution in [0.4, 0.5) is 0 Å². The van der Waals surface area contributed by atoms with Crippen LogP contribution in [0.3, 0.4) is 0 Å². The second-order valence-electron chi connectivity index (χ2n) is 5.83. The molecule has 0 saturated carbocycles. The normalized spacial score (nSPS) is 13.2. The molecule has 2 rings (SSSR count). The summed E-state index contributed by atoms with van der Waals surface area (Å²) in [6, 6.07) is 8.38. The van der Waals surface area contributed by atoms with Crippen LogP contribution < -0.4 is 4.74 Å². The molecule has 1 aromatic carbocycles. The summed E-state index contributed by atoms with van der Waals surface area (Å²) in [5.41, 5.74) is 2.45. The molecule has 0 amide bonds. The molecule has 0 spiro atoms. The number of rotatable bonds is 6. The van der Waals surface area contributed by atoms with Gasteiger partial charge in [-0.2, -0.15) is 0 Å². The van der Waals surface area contributed by atoms with Gasteiger partial charge in [0.05, 0.1) is 11.6 Å². The van der Waals surface area contributed by atoms with E-state index in [1.807, 2.05) is 24.4 Å². The lowest BCUT2D eigenvalue weighted by Crippen LogP contribution is -2.15. The molecule has 1 unspecified atom stereocenters. The minimum Gasteiger partial charge on any atom is -0.484 e. The third kappa shape index (κ3) is 3.98. The van der Waals surface area contributed by atoms with E-state index >= 15 is 0 Å². The predicted molar refractivity (Wildman–Crippen MR) is 90.5 cm³/mol. The molecule has 2 aromatic rings. The van der Waals surface area contributed by atoms with Gasteiger partial charge in [-0.15, -0.1) is 22.9 Å². The summed E-state index contributed by atoms with van der Waals surface area (Å²) in [6.07, 6.45) is 1.06. The van der Waals surface area contributed by atoms with Gasteiger partial charge >= 0.3 is 0 Å². The molecule has 4 heteroatoms. The summed E-state index contributed by atoms with van der Waals surface area (Å²) in [5, 5.41) is 2.94. The summed E-state index contributed by atoms with van der Waals surface area (Å²) >= 11 is 7.37. The molecular formula is C17H22ClNOS. The van der Waals surface area contributed by atoms with Crippen molar-refractivity contribution in [3.8, 4) is 5.75 Å². The molecule has 114 valence electrons. The van der Waals surface area contributed by atoms with Crippen LogP contribution in [0.2, 0.25) is 0 Å². The molecule has 0 aliphatic rings. The van der Waals surface area contributed by atoms with Crippen molar-refractivity contribution >= 4 is 22.9 Å². The van der Waals surface area contributed by atoms with E-state index in [1.54, 1.807) is 11.3 Å². The lowest BCUT2D eigenvalue weighted by atomic mass is 9.82. The van der Waals surface area contributed by atoms with Gasteiger partial charge < -0.3 is 4.74 Å². The Kier molecular flexibility index (Phi) is 5.28. The first-order chi connectivity index (χ1) is 9.96. The summed E-state index contributed by atoms with van der Waals surface area (Å²) in [4.78, 5) is 4.46. The number of ether oxygens (including phenoxy) is 1. The van der Waals surface area contributed by atoms with Gasteiger partial charge in [-0.25, -0.2) is 4.98 Å². The van der Waals surface area contributed by atoms with Crippen molar-refractivity contribution in [1.82, 2.24) is 4.98 Å². The van der Waals surface area contributed by atoms with Crippen molar-refractivity contribution in [1.29, 1.82) is 0 Å². The second-order valence-corrected chi connectivity index (χ2v) is 6.99. The van der Waals surface area contributed by atoms with Crippen LogP contribution in [-0.2, 0) is 11.3 Å². The van der Waals surface area contributed by atoms with Gasteiger partial charge in [0.15, 0.2) is 0 Å². The highest BCUT2D eigenvalue weighted by Gasteiger charge is 2.18. The number of alkyl halides is 1. The Morgan fingerprint density at radius 3 is 2.48 bits per heavy atom. The highest BCUT2D eigenvalue weighted by Crippen LogP contribution is 2.30. The van der Waals surface area contributed by atoms with E-state index in [2.05, 4.69) is 37.9 Å². The minimum atomic E-state index is -0.0583.